The summed E-state index contributed by atoms with van der Waals surface area (Å²) in [7, 11) is 0. The molecule has 25 heavy (non-hydrogen) atoms. The highest BCUT2D eigenvalue weighted by Crippen LogP contribution is 2.35. The van der Waals surface area contributed by atoms with Crippen LogP contribution < -0.4 is 5.32 Å². The molecule has 132 valence electrons. The van der Waals surface area contributed by atoms with E-state index in [1.165, 1.54) is 5.56 Å². The van der Waals surface area contributed by atoms with Gasteiger partial charge < -0.3 is 10.1 Å². The van der Waals surface area contributed by atoms with Crippen molar-refractivity contribution in [1.82, 2.24) is 10.2 Å². The monoisotopic (exact) mass is 356 g/mol. The first kappa shape index (κ1) is 16.8. The van der Waals surface area contributed by atoms with E-state index in [-0.39, 0.29) is 17.6 Å². The normalized spacial score (nSPS) is 26.8. The van der Waals surface area contributed by atoms with Gasteiger partial charge in [0, 0.05) is 37.8 Å². The van der Waals surface area contributed by atoms with Gasteiger partial charge in [-0.15, -0.1) is 0 Å². The molecule has 5 heteroatoms. The minimum absolute atomic E-state index is 0.0239. The average molecular weight is 356 g/mol. The lowest BCUT2D eigenvalue weighted by Gasteiger charge is -2.38. The first-order chi connectivity index (χ1) is 12.2. The van der Waals surface area contributed by atoms with Gasteiger partial charge in [0.25, 0.3) is 5.91 Å². The van der Waals surface area contributed by atoms with E-state index in [0.717, 1.165) is 51.1 Å². The standard InChI is InChI=1S/C20H24N2O2S/c23-19(17-4-2-1-3-5-17)21-18-6-10-24-20(12-18)8-9-22(15-20)13-16-7-11-25-14-16/h1-5,7,11,14,18H,6,8-10,12-13,15H2,(H,21,23)/t18-,20-/m1/s1. The summed E-state index contributed by atoms with van der Waals surface area (Å²) in [6.07, 6.45) is 2.85. The largest absolute Gasteiger partial charge is 0.373 e. The van der Waals surface area contributed by atoms with Crippen molar-refractivity contribution in [3.63, 3.8) is 0 Å². The van der Waals surface area contributed by atoms with Gasteiger partial charge in [-0.05, 0) is 53.8 Å². The maximum Gasteiger partial charge on any atom is 0.251 e. The van der Waals surface area contributed by atoms with Gasteiger partial charge in [0.2, 0.25) is 0 Å². The predicted molar refractivity (Wildman–Crippen MR) is 99.8 cm³/mol. The molecule has 0 unspecified atom stereocenters. The van der Waals surface area contributed by atoms with Crippen molar-refractivity contribution in [3.05, 3.63) is 58.3 Å². The number of benzene rings is 1. The van der Waals surface area contributed by atoms with E-state index < -0.39 is 0 Å². The fourth-order valence-corrected chi connectivity index (χ4v) is 4.66. The number of hydrogen-bond donors (Lipinski definition) is 1. The fourth-order valence-electron chi connectivity index (χ4n) is 4.00. The third-order valence-electron chi connectivity index (χ3n) is 5.25. The highest BCUT2D eigenvalue weighted by atomic mass is 32.1. The number of thiophene rings is 1. The Balaban J connectivity index is 1.35. The second kappa shape index (κ2) is 7.28. The lowest BCUT2D eigenvalue weighted by molar-refractivity contribution is -0.0793. The van der Waals surface area contributed by atoms with Crippen LogP contribution in [0.2, 0.25) is 0 Å². The van der Waals surface area contributed by atoms with E-state index in [4.69, 9.17) is 4.74 Å². The van der Waals surface area contributed by atoms with Crippen molar-refractivity contribution in [1.29, 1.82) is 0 Å². The molecule has 2 aromatic rings. The molecule has 3 heterocycles. The number of nitrogens with zero attached hydrogens (tertiary/aromatic N) is 1. The molecule has 1 N–H and O–H groups in total. The number of hydrogen-bond acceptors (Lipinski definition) is 4. The Morgan fingerprint density at radius 1 is 1.32 bits per heavy atom. The van der Waals surface area contributed by atoms with Gasteiger partial charge >= 0.3 is 0 Å². The molecule has 2 aliphatic rings. The van der Waals surface area contributed by atoms with Crippen LogP contribution in [0.4, 0.5) is 0 Å². The molecular formula is C20H24N2O2S. The van der Waals surface area contributed by atoms with Crippen LogP contribution in [-0.2, 0) is 11.3 Å². The summed E-state index contributed by atoms with van der Waals surface area (Å²) in [6, 6.07) is 11.9. The number of ether oxygens (including phenoxy) is 1. The van der Waals surface area contributed by atoms with E-state index in [2.05, 4.69) is 27.0 Å². The molecule has 4 rings (SSSR count). The maximum atomic E-state index is 12.4. The van der Waals surface area contributed by atoms with Gasteiger partial charge in [0.05, 0.1) is 5.60 Å². The lowest BCUT2D eigenvalue weighted by Crippen LogP contribution is -2.49. The van der Waals surface area contributed by atoms with E-state index in [9.17, 15) is 4.79 Å². The maximum absolute atomic E-state index is 12.4. The van der Waals surface area contributed by atoms with Crippen molar-refractivity contribution in [3.8, 4) is 0 Å². The summed E-state index contributed by atoms with van der Waals surface area (Å²) in [4.78, 5) is 14.9. The average Bonchev–Trinajstić information content (AvgIpc) is 3.27. The van der Waals surface area contributed by atoms with Gasteiger partial charge in [0.1, 0.15) is 0 Å². The molecule has 0 aliphatic carbocycles. The quantitative estimate of drug-likeness (QED) is 0.914. The number of carbonyl (C=O) groups is 1. The number of likely N-dealkylation sites (tertiary alicyclic amines) is 1. The third-order valence-corrected chi connectivity index (χ3v) is 5.98. The minimum atomic E-state index is -0.0943. The van der Waals surface area contributed by atoms with Crippen molar-refractivity contribution in [2.24, 2.45) is 0 Å². The topological polar surface area (TPSA) is 41.6 Å². The Labute approximate surface area is 152 Å². The summed E-state index contributed by atoms with van der Waals surface area (Å²) < 4.78 is 6.20. The molecule has 2 atom stereocenters. The summed E-state index contributed by atoms with van der Waals surface area (Å²) in [5, 5.41) is 7.56. The van der Waals surface area contributed by atoms with Gasteiger partial charge in [0.15, 0.2) is 0 Å². The third kappa shape index (κ3) is 3.94. The molecule has 1 aromatic carbocycles. The Bertz CT molecular complexity index is 704. The van der Waals surface area contributed by atoms with Crippen LogP contribution in [0, 0.1) is 0 Å². The summed E-state index contributed by atoms with van der Waals surface area (Å²) in [5.41, 5.74) is 2.02. The van der Waals surface area contributed by atoms with E-state index >= 15 is 0 Å². The number of rotatable bonds is 4. The lowest BCUT2D eigenvalue weighted by atomic mass is 9.89. The van der Waals surface area contributed by atoms with Crippen molar-refractivity contribution < 1.29 is 9.53 Å². The van der Waals surface area contributed by atoms with Crippen LogP contribution in [0.3, 0.4) is 0 Å². The van der Waals surface area contributed by atoms with Crippen molar-refractivity contribution >= 4 is 17.2 Å². The first-order valence-corrected chi connectivity index (χ1v) is 9.90. The molecule has 2 aliphatic heterocycles. The fraction of sp³-hybridized carbons (Fsp3) is 0.450. The van der Waals surface area contributed by atoms with Crippen LogP contribution in [0.15, 0.2) is 47.2 Å². The molecule has 0 bridgehead atoms. The minimum Gasteiger partial charge on any atom is -0.373 e. The van der Waals surface area contributed by atoms with Crippen LogP contribution in [-0.4, -0.2) is 42.1 Å². The van der Waals surface area contributed by atoms with Crippen LogP contribution in [0.1, 0.15) is 35.2 Å². The Kier molecular flexibility index (Phi) is 4.88. The van der Waals surface area contributed by atoms with E-state index in [1.54, 1.807) is 11.3 Å². The Morgan fingerprint density at radius 3 is 3.00 bits per heavy atom. The van der Waals surface area contributed by atoms with Crippen LogP contribution >= 0.6 is 11.3 Å². The first-order valence-electron chi connectivity index (χ1n) is 8.96. The number of amides is 1. The summed E-state index contributed by atoms with van der Waals surface area (Å²) >= 11 is 1.75. The molecule has 1 spiro atoms. The Morgan fingerprint density at radius 2 is 2.20 bits per heavy atom. The molecule has 4 nitrogen and oxygen atoms in total. The van der Waals surface area contributed by atoms with Crippen molar-refractivity contribution in [2.45, 2.75) is 37.5 Å². The molecular weight excluding hydrogens is 332 g/mol. The van der Waals surface area contributed by atoms with Gasteiger partial charge in [-0.25, -0.2) is 0 Å². The molecule has 2 fully saturated rings. The predicted octanol–water partition coefficient (Wildman–Crippen LogP) is 3.30. The zero-order valence-corrected chi connectivity index (χ0v) is 15.1. The molecule has 2 saturated heterocycles. The van der Waals surface area contributed by atoms with Gasteiger partial charge in [-0.2, -0.15) is 11.3 Å². The molecule has 1 amide bonds. The number of nitrogens with one attached hydrogen (secondary N) is 1. The summed E-state index contributed by atoms with van der Waals surface area (Å²) in [5.74, 6) is 0.0239. The van der Waals surface area contributed by atoms with Crippen LogP contribution in [0.25, 0.3) is 0 Å². The van der Waals surface area contributed by atoms with Crippen LogP contribution in [0.5, 0.6) is 0 Å². The van der Waals surface area contributed by atoms with Gasteiger partial charge in [-0.1, -0.05) is 18.2 Å². The molecule has 1 aromatic heterocycles. The highest BCUT2D eigenvalue weighted by Gasteiger charge is 2.43. The second-order valence-corrected chi connectivity index (χ2v) is 7.93. The SMILES string of the molecule is O=C(N[C@@H]1CCO[C@]2(CCN(Cc3ccsc3)C2)C1)c1ccccc1. The highest BCUT2D eigenvalue weighted by molar-refractivity contribution is 7.07. The summed E-state index contributed by atoms with van der Waals surface area (Å²) in [6.45, 7) is 3.75. The van der Waals surface area contributed by atoms with Gasteiger partial charge in [-0.3, -0.25) is 9.69 Å². The zero-order valence-electron chi connectivity index (χ0n) is 14.3. The molecule has 0 saturated carbocycles. The second-order valence-electron chi connectivity index (χ2n) is 7.15. The zero-order chi connectivity index (χ0) is 17.1. The van der Waals surface area contributed by atoms with E-state index in [1.807, 2.05) is 30.3 Å². The van der Waals surface area contributed by atoms with E-state index in [0.29, 0.717) is 0 Å². The van der Waals surface area contributed by atoms with Crippen molar-refractivity contribution in [2.75, 3.05) is 19.7 Å². The Hall–Kier alpha value is -1.69. The molecule has 0 radical (unpaired) electrons. The number of carbonyl (C=O) groups excluding carboxylic acids is 1. The smallest absolute Gasteiger partial charge is 0.251 e.